The number of carbonyl (C=O) groups excluding carboxylic acids is 2. The van der Waals surface area contributed by atoms with E-state index in [2.05, 4.69) is 57.1 Å². The van der Waals surface area contributed by atoms with Crippen molar-refractivity contribution in [1.29, 1.82) is 0 Å². The van der Waals surface area contributed by atoms with E-state index in [0.717, 1.165) is 56.2 Å². The molecule has 3 heterocycles. The van der Waals surface area contributed by atoms with Crippen molar-refractivity contribution < 1.29 is 9.59 Å². The van der Waals surface area contributed by atoms with E-state index in [4.69, 9.17) is 0 Å². The van der Waals surface area contributed by atoms with Crippen molar-refractivity contribution in [2.24, 2.45) is 5.92 Å². The van der Waals surface area contributed by atoms with Gasteiger partial charge in [0, 0.05) is 30.1 Å². The van der Waals surface area contributed by atoms with Gasteiger partial charge in [-0.15, -0.1) is 11.3 Å². The molecule has 0 amide bonds. The monoisotopic (exact) mass is 489 g/mol. The van der Waals surface area contributed by atoms with Crippen LogP contribution in [-0.2, 0) is 22.6 Å². The fraction of sp³-hybridized carbons (Fsp3) is 0.333. The molecule has 5 nitrogen and oxygen atoms in total. The van der Waals surface area contributed by atoms with Crippen molar-refractivity contribution in [2.45, 2.75) is 51.1 Å². The third kappa shape index (κ3) is 5.90. The van der Waals surface area contributed by atoms with Gasteiger partial charge in [-0.25, -0.2) is 9.97 Å². The van der Waals surface area contributed by atoms with Gasteiger partial charge in [-0.1, -0.05) is 24.3 Å². The third-order valence-corrected chi connectivity index (χ3v) is 8.31. The van der Waals surface area contributed by atoms with E-state index in [0.29, 0.717) is 22.6 Å². The molecule has 1 aliphatic heterocycles. The van der Waals surface area contributed by atoms with Gasteiger partial charge in [0.05, 0.1) is 17.0 Å². The maximum absolute atomic E-state index is 11.9. The van der Waals surface area contributed by atoms with E-state index in [1.54, 1.807) is 29.7 Å². The predicted molar refractivity (Wildman–Crippen MR) is 138 cm³/mol. The Labute approximate surface area is 208 Å². The van der Waals surface area contributed by atoms with E-state index >= 15 is 0 Å². The molecule has 2 fully saturated rings. The minimum Gasteiger partial charge on any atom is -0.310 e. The lowest BCUT2D eigenvalue weighted by Crippen LogP contribution is -2.33. The van der Waals surface area contributed by atoms with Gasteiger partial charge in [0.15, 0.2) is 5.78 Å². The zero-order valence-corrected chi connectivity index (χ0v) is 20.5. The molecule has 1 saturated heterocycles. The van der Waals surface area contributed by atoms with Crippen LogP contribution in [0, 0.1) is 5.92 Å². The number of nitrogens with zero attached hydrogens (tertiary/aromatic N) is 2. The normalized spacial score (nSPS) is 21.9. The molecule has 1 aromatic carbocycles. The van der Waals surface area contributed by atoms with E-state index in [1.807, 2.05) is 0 Å². The number of Topliss-reactive ketones (excluding diaryl/α,β-unsaturated/α-hetero) is 1. The fourth-order valence-electron chi connectivity index (χ4n) is 4.64. The average molecular weight is 490 g/mol. The van der Waals surface area contributed by atoms with Gasteiger partial charge in [-0.3, -0.25) is 9.59 Å². The second-order valence-electron chi connectivity index (χ2n) is 8.96. The number of ketones is 1. The number of allylic oxidation sites excluding steroid dienone is 1. The van der Waals surface area contributed by atoms with E-state index in [-0.39, 0.29) is 17.3 Å². The van der Waals surface area contributed by atoms with Crippen LogP contribution in [0.15, 0.2) is 58.9 Å². The summed E-state index contributed by atoms with van der Waals surface area (Å²) in [5, 5.41) is 5.78. The summed E-state index contributed by atoms with van der Waals surface area (Å²) in [5.41, 5.74) is 3.32. The maximum atomic E-state index is 11.9. The Bertz CT molecular complexity index is 1200. The fourth-order valence-corrected chi connectivity index (χ4v) is 6.18. The Balaban J connectivity index is 1.11. The maximum Gasteiger partial charge on any atom is 0.201 e. The zero-order chi connectivity index (χ0) is 23.3. The summed E-state index contributed by atoms with van der Waals surface area (Å²) < 4.78 is 0. The largest absolute Gasteiger partial charge is 0.310 e. The Morgan fingerprint density at radius 1 is 1.06 bits per heavy atom. The molecule has 7 heteroatoms. The highest BCUT2D eigenvalue weighted by atomic mass is 32.2. The molecule has 3 aromatic rings. The summed E-state index contributed by atoms with van der Waals surface area (Å²) in [6.07, 6.45) is 8.95. The molecule has 2 aromatic heterocycles. The lowest BCUT2D eigenvalue weighted by Gasteiger charge is -2.29. The Morgan fingerprint density at radius 2 is 1.94 bits per heavy atom. The molecule has 34 heavy (non-hydrogen) atoms. The number of hydrogen-bond donors (Lipinski definition) is 1. The smallest absolute Gasteiger partial charge is 0.201 e. The third-order valence-electron chi connectivity index (χ3n) is 6.46. The highest BCUT2D eigenvalue weighted by molar-refractivity contribution is 8.18. The van der Waals surface area contributed by atoms with Crippen molar-refractivity contribution in [3.63, 3.8) is 0 Å². The molecule has 1 aliphatic carbocycles. The average Bonchev–Trinajstić information content (AvgIpc) is 3.49. The molecule has 0 unspecified atom stereocenters. The molecular formula is C27H27N3O2S2. The SMILES string of the molecule is O=C1CC(=O)/C(=C/c2ccnc(CC3CCC(NCc4cccc(-c5cccs5)c4)CC3)n2)S1. The summed E-state index contributed by atoms with van der Waals surface area (Å²) in [6, 6.07) is 15.4. The number of nitrogens with one attached hydrogen (secondary N) is 1. The van der Waals surface area contributed by atoms with Crippen LogP contribution >= 0.6 is 23.1 Å². The highest BCUT2D eigenvalue weighted by Gasteiger charge is 2.26. The summed E-state index contributed by atoms with van der Waals surface area (Å²) >= 11 is 2.80. The minimum atomic E-state index is -0.112. The minimum absolute atomic E-state index is 0.00815. The zero-order valence-electron chi connectivity index (χ0n) is 18.9. The van der Waals surface area contributed by atoms with Gasteiger partial charge in [0.1, 0.15) is 5.82 Å². The number of carbonyl (C=O) groups is 2. The Morgan fingerprint density at radius 3 is 2.71 bits per heavy atom. The number of benzene rings is 1. The van der Waals surface area contributed by atoms with Crippen molar-refractivity contribution in [3.05, 3.63) is 76.0 Å². The van der Waals surface area contributed by atoms with Crippen LogP contribution in [0.3, 0.4) is 0 Å². The number of rotatable bonds is 7. The molecule has 0 radical (unpaired) electrons. The first kappa shape index (κ1) is 23.1. The first-order valence-electron chi connectivity index (χ1n) is 11.8. The number of thiophene rings is 1. The van der Waals surface area contributed by atoms with E-state index in [9.17, 15) is 9.59 Å². The molecule has 2 aliphatic rings. The summed E-state index contributed by atoms with van der Waals surface area (Å²) in [6.45, 7) is 0.896. The van der Waals surface area contributed by atoms with Gasteiger partial charge in [-0.2, -0.15) is 0 Å². The highest BCUT2D eigenvalue weighted by Crippen LogP contribution is 2.31. The van der Waals surface area contributed by atoms with Crippen LogP contribution in [-0.4, -0.2) is 26.9 Å². The standard InChI is InChI=1S/C27H27N3O2S2/c31-23-16-27(32)34-25(23)15-22-10-11-28-26(30-22)14-18-6-8-21(9-7-18)29-17-19-3-1-4-20(13-19)24-5-2-12-33-24/h1-5,10-13,15,18,21,29H,6-9,14,16-17H2/b25-15-. The summed E-state index contributed by atoms with van der Waals surface area (Å²) in [4.78, 5) is 34.2. The van der Waals surface area contributed by atoms with Gasteiger partial charge in [-0.05, 0) is 84.1 Å². The molecule has 1 saturated carbocycles. The summed E-state index contributed by atoms with van der Waals surface area (Å²) in [7, 11) is 0. The predicted octanol–water partition coefficient (Wildman–Crippen LogP) is 5.67. The number of aromatic nitrogens is 2. The molecule has 174 valence electrons. The summed E-state index contributed by atoms with van der Waals surface area (Å²) in [5.74, 6) is 1.28. The molecule has 0 spiro atoms. The van der Waals surface area contributed by atoms with Gasteiger partial charge in [0.25, 0.3) is 0 Å². The van der Waals surface area contributed by atoms with Crippen molar-refractivity contribution in [1.82, 2.24) is 15.3 Å². The topological polar surface area (TPSA) is 72.0 Å². The molecule has 0 atom stereocenters. The van der Waals surface area contributed by atoms with Gasteiger partial charge >= 0.3 is 0 Å². The van der Waals surface area contributed by atoms with Crippen molar-refractivity contribution >= 4 is 40.1 Å². The lowest BCUT2D eigenvalue weighted by molar-refractivity contribution is -0.119. The van der Waals surface area contributed by atoms with Crippen LogP contribution in [0.4, 0.5) is 0 Å². The van der Waals surface area contributed by atoms with Crippen molar-refractivity contribution in [2.75, 3.05) is 0 Å². The van der Waals surface area contributed by atoms with Gasteiger partial charge in [0.2, 0.25) is 5.12 Å². The van der Waals surface area contributed by atoms with E-state index < -0.39 is 0 Å². The van der Waals surface area contributed by atoms with E-state index in [1.165, 1.54) is 16.0 Å². The quantitative estimate of drug-likeness (QED) is 0.341. The first-order chi connectivity index (χ1) is 16.6. The lowest BCUT2D eigenvalue weighted by atomic mass is 9.84. The van der Waals surface area contributed by atoms with Crippen LogP contribution in [0.1, 0.15) is 49.2 Å². The Hall–Kier alpha value is -2.61. The second kappa shape index (κ2) is 10.8. The first-order valence-corrected chi connectivity index (χ1v) is 13.5. The van der Waals surface area contributed by atoms with Crippen LogP contribution in [0.2, 0.25) is 0 Å². The molecule has 0 bridgehead atoms. The molecular weight excluding hydrogens is 462 g/mol. The van der Waals surface area contributed by atoms with Crippen molar-refractivity contribution in [3.8, 4) is 10.4 Å². The van der Waals surface area contributed by atoms with Gasteiger partial charge < -0.3 is 5.32 Å². The second-order valence-corrected chi connectivity index (χ2v) is 11.0. The Kier molecular flexibility index (Phi) is 7.33. The van der Waals surface area contributed by atoms with Crippen LogP contribution in [0.5, 0.6) is 0 Å². The van der Waals surface area contributed by atoms with Crippen LogP contribution < -0.4 is 5.32 Å². The number of thioether (sulfide) groups is 1. The molecule has 1 N–H and O–H groups in total. The molecule has 5 rings (SSSR count). The van der Waals surface area contributed by atoms with Crippen LogP contribution in [0.25, 0.3) is 16.5 Å². The number of hydrogen-bond acceptors (Lipinski definition) is 7.